The summed E-state index contributed by atoms with van der Waals surface area (Å²) in [6.45, 7) is 0. The number of hydrogen-bond acceptors (Lipinski definition) is 5. The molecule has 1 unspecified atom stereocenters. The van der Waals surface area contributed by atoms with Gasteiger partial charge in [0.2, 0.25) is 5.91 Å². The Hall–Kier alpha value is -4.17. The molecule has 0 radical (unpaired) electrons. The molecule has 1 atom stereocenters. The number of phenols is 1. The second kappa shape index (κ2) is 9.54. The van der Waals surface area contributed by atoms with Gasteiger partial charge < -0.3 is 15.5 Å². The van der Waals surface area contributed by atoms with Crippen LogP contribution in [-0.2, 0) is 11.2 Å². The third kappa shape index (κ3) is 5.19. The van der Waals surface area contributed by atoms with Crippen molar-refractivity contribution in [1.29, 1.82) is 0 Å². The van der Waals surface area contributed by atoms with Crippen LogP contribution in [-0.4, -0.2) is 26.1 Å². The summed E-state index contributed by atoms with van der Waals surface area (Å²) in [5.41, 5.74) is 2.03. The maximum Gasteiger partial charge on any atom is 0.229 e. The highest BCUT2D eigenvalue weighted by molar-refractivity contribution is 5.92. The first-order valence-electron chi connectivity index (χ1n) is 10.0. The van der Waals surface area contributed by atoms with Crippen LogP contribution in [0.4, 0.5) is 14.6 Å². The Balaban J connectivity index is 1.66. The number of rotatable bonds is 6. The first-order valence-corrected chi connectivity index (χ1v) is 10.0. The van der Waals surface area contributed by atoms with Gasteiger partial charge in [-0.1, -0.05) is 36.4 Å². The maximum atomic E-state index is 13.5. The average molecular weight is 447 g/mol. The van der Waals surface area contributed by atoms with E-state index < -0.39 is 23.6 Å². The number of aromatic hydroxyl groups is 1. The largest absolute Gasteiger partial charge is 0.508 e. The number of aromatic nitrogens is 2. The minimum Gasteiger partial charge on any atom is -0.508 e. The van der Waals surface area contributed by atoms with E-state index in [9.17, 15) is 23.8 Å². The minimum atomic E-state index is -1.19. The van der Waals surface area contributed by atoms with Crippen molar-refractivity contribution in [3.8, 4) is 17.0 Å². The Morgan fingerprint density at radius 2 is 1.70 bits per heavy atom. The molecule has 4 rings (SSSR count). The highest BCUT2D eigenvalue weighted by Gasteiger charge is 2.21. The summed E-state index contributed by atoms with van der Waals surface area (Å²) >= 11 is 0. The fourth-order valence-electron chi connectivity index (χ4n) is 3.27. The number of benzene rings is 3. The lowest BCUT2D eigenvalue weighted by Crippen LogP contribution is -2.19. The van der Waals surface area contributed by atoms with Gasteiger partial charge in [-0.3, -0.25) is 4.79 Å². The van der Waals surface area contributed by atoms with Crippen LogP contribution in [0.5, 0.6) is 5.75 Å². The predicted octanol–water partition coefficient (Wildman–Crippen LogP) is 4.39. The molecule has 3 aromatic carbocycles. The summed E-state index contributed by atoms with van der Waals surface area (Å²) in [4.78, 5) is 21.4. The van der Waals surface area contributed by atoms with Crippen LogP contribution in [0.1, 0.15) is 22.9 Å². The van der Waals surface area contributed by atoms with Crippen LogP contribution in [0.2, 0.25) is 0 Å². The summed E-state index contributed by atoms with van der Waals surface area (Å²) < 4.78 is 26.6. The van der Waals surface area contributed by atoms with Crippen LogP contribution >= 0.6 is 0 Å². The number of nitrogens with one attached hydrogen (secondary N) is 1. The van der Waals surface area contributed by atoms with Crippen molar-refractivity contribution in [2.75, 3.05) is 5.32 Å². The number of phenolic OH excluding ortho intramolecular Hbond substituents is 1. The zero-order valence-electron chi connectivity index (χ0n) is 17.2. The normalized spacial score (nSPS) is 11.7. The van der Waals surface area contributed by atoms with Crippen LogP contribution in [0, 0.1) is 11.6 Å². The molecule has 33 heavy (non-hydrogen) atoms. The molecule has 4 aromatic rings. The Kier molecular flexibility index (Phi) is 6.37. The molecule has 0 aliphatic heterocycles. The summed E-state index contributed by atoms with van der Waals surface area (Å²) in [6, 6.07) is 18.3. The molecule has 1 aromatic heterocycles. The molecule has 0 saturated carbocycles. The number of nitrogens with zero attached hydrogens (tertiary/aromatic N) is 2. The molecule has 0 fully saturated rings. The van der Waals surface area contributed by atoms with E-state index in [-0.39, 0.29) is 29.2 Å². The molecule has 0 spiro atoms. The quantitative estimate of drug-likeness (QED) is 0.408. The second-order valence-corrected chi connectivity index (χ2v) is 7.32. The standard InChI is InChI=1S/C25H19F2N3O3/c26-19-11-6-15(12-20(19)27)13-22(32)30-25-23(24(33)17-4-2-1-3-5-17)29-21(14-28-25)16-7-9-18(31)10-8-16/h1-12,14,24,31,33H,13H2,(H,28,30,32). The Morgan fingerprint density at radius 3 is 2.39 bits per heavy atom. The Bertz CT molecular complexity index is 1280. The predicted molar refractivity (Wildman–Crippen MR) is 118 cm³/mol. The van der Waals surface area contributed by atoms with E-state index >= 15 is 0 Å². The highest BCUT2D eigenvalue weighted by Crippen LogP contribution is 2.29. The highest BCUT2D eigenvalue weighted by atomic mass is 19.2. The Morgan fingerprint density at radius 1 is 0.970 bits per heavy atom. The van der Waals surface area contributed by atoms with Gasteiger partial charge in [0.25, 0.3) is 0 Å². The summed E-state index contributed by atoms with van der Waals surface area (Å²) in [7, 11) is 0. The summed E-state index contributed by atoms with van der Waals surface area (Å²) in [5, 5.41) is 23.1. The molecule has 1 amide bonds. The minimum absolute atomic E-state index is 0.0430. The van der Waals surface area contributed by atoms with Crippen LogP contribution < -0.4 is 5.32 Å². The molecule has 8 heteroatoms. The van der Waals surface area contributed by atoms with Gasteiger partial charge in [0, 0.05) is 5.56 Å². The van der Waals surface area contributed by atoms with Crippen LogP contribution in [0.3, 0.4) is 0 Å². The third-order valence-corrected chi connectivity index (χ3v) is 4.94. The molecular formula is C25H19F2N3O3. The van der Waals surface area contributed by atoms with E-state index in [1.165, 1.54) is 24.4 Å². The number of carbonyl (C=O) groups is 1. The number of carbonyl (C=O) groups excluding carboxylic acids is 1. The zero-order valence-corrected chi connectivity index (χ0v) is 17.2. The van der Waals surface area contributed by atoms with Gasteiger partial charge in [0.15, 0.2) is 17.5 Å². The van der Waals surface area contributed by atoms with Crippen LogP contribution in [0.25, 0.3) is 11.3 Å². The molecule has 3 N–H and O–H groups in total. The first-order chi connectivity index (χ1) is 15.9. The van der Waals surface area contributed by atoms with Gasteiger partial charge in [0.1, 0.15) is 17.5 Å². The van der Waals surface area contributed by atoms with Gasteiger partial charge in [-0.05, 0) is 47.5 Å². The van der Waals surface area contributed by atoms with Crippen molar-refractivity contribution in [1.82, 2.24) is 9.97 Å². The molecule has 0 aliphatic carbocycles. The van der Waals surface area contributed by atoms with Gasteiger partial charge in [-0.15, -0.1) is 0 Å². The van der Waals surface area contributed by atoms with E-state index in [4.69, 9.17) is 0 Å². The van der Waals surface area contributed by atoms with E-state index in [0.29, 0.717) is 16.8 Å². The lowest BCUT2D eigenvalue weighted by atomic mass is 10.1. The molecule has 0 aliphatic rings. The van der Waals surface area contributed by atoms with Crippen molar-refractivity contribution >= 4 is 11.7 Å². The zero-order chi connectivity index (χ0) is 23.4. The van der Waals surface area contributed by atoms with Gasteiger partial charge >= 0.3 is 0 Å². The number of hydrogen-bond donors (Lipinski definition) is 3. The van der Waals surface area contributed by atoms with E-state index in [1.807, 2.05) is 0 Å². The number of aliphatic hydroxyl groups is 1. The SMILES string of the molecule is O=C(Cc1ccc(F)c(F)c1)Nc1ncc(-c2ccc(O)cc2)nc1C(O)c1ccccc1. The van der Waals surface area contributed by atoms with E-state index in [1.54, 1.807) is 42.5 Å². The molecule has 1 heterocycles. The molecule has 0 bridgehead atoms. The van der Waals surface area contributed by atoms with Gasteiger partial charge in [-0.25, -0.2) is 18.7 Å². The first kappa shape index (κ1) is 22.0. The monoisotopic (exact) mass is 447 g/mol. The topological polar surface area (TPSA) is 95.3 Å². The van der Waals surface area contributed by atoms with E-state index in [0.717, 1.165) is 12.1 Å². The van der Waals surface area contributed by atoms with Crippen molar-refractivity contribution < 1.29 is 23.8 Å². The summed E-state index contributed by atoms with van der Waals surface area (Å²) in [6.07, 6.45) is 0.0228. The lowest BCUT2D eigenvalue weighted by Gasteiger charge is -2.16. The molecule has 6 nitrogen and oxygen atoms in total. The number of amides is 1. The van der Waals surface area contributed by atoms with Crippen molar-refractivity contribution in [3.05, 3.63) is 107 Å². The third-order valence-electron chi connectivity index (χ3n) is 4.94. The summed E-state index contributed by atoms with van der Waals surface area (Å²) in [5.74, 6) is -2.44. The Labute approximate surface area is 188 Å². The van der Waals surface area contributed by atoms with Gasteiger partial charge in [-0.2, -0.15) is 0 Å². The van der Waals surface area contributed by atoms with Crippen molar-refractivity contribution in [3.63, 3.8) is 0 Å². The van der Waals surface area contributed by atoms with E-state index in [2.05, 4.69) is 15.3 Å². The van der Waals surface area contributed by atoms with Crippen LogP contribution in [0.15, 0.2) is 79.0 Å². The number of anilines is 1. The van der Waals surface area contributed by atoms with Crippen molar-refractivity contribution in [2.24, 2.45) is 0 Å². The van der Waals surface area contributed by atoms with Crippen molar-refractivity contribution in [2.45, 2.75) is 12.5 Å². The number of halogens is 2. The smallest absolute Gasteiger partial charge is 0.229 e. The fraction of sp³-hybridized carbons (Fsp3) is 0.0800. The molecule has 166 valence electrons. The lowest BCUT2D eigenvalue weighted by molar-refractivity contribution is -0.115. The maximum absolute atomic E-state index is 13.5. The van der Waals surface area contributed by atoms with Gasteiger partial charge in [0.05, 0.1) is 18.3 Å². The number of aliphatic hydroxyl groups excluding tert-OH is 1. The molecule has 0 saturated heterocycles. The average Bonchev–Trinajstić information content (AvgIpc) is 2.82. The fourth-order valence-corrected chi connectivity index (χ4v) is 3.27. The molecular weight excluding hydrogens is 428 g/mol. The second-order valence-electron chi connectivity index (χ2n) is 7.32.